The number of ether oxygens (including phenoxy) is 1. The number of pyridine rings is 1. The Morgan fingerprint density at radius 3 is 2.31 bits per heavy atom. The molecule has 0 fully saturated rings. The van der Waals surface area contributed by atoms with Crippen LogP contribution in [0.25, 0.3) is 0 Å². The molecule has 2 N–H and O–H groups in total. The van der Waals surface area contributed by atoms with Crippen molar-refractivity contribution in [2.24, 2.45) is 5.73 Å². The second kappa shape index (κ2) is 7.69. The smallest absolute Gasteiger partial charge is 0.258 e. The fourth-order valence-corrected chi connectivity index (χ4v) is 3.80. The number of nitriles is 1. The van der Waals surface area contributed by atoms with Crippen LogP contribution in [-0.4, -0.2) is 4.57 Å². The number of nitrogens with two attached hydrogens (primary N) is 1. The molecule has 2 heterocycles. The first-order valence-corrected chi connectivity index (χ1v) is 9.48. The minimum Gasteiger partial charge on any atom is -0.440 e. The van der Waals surface area contributed by atoms with Crippen molar-refractivity contribution in [3.05, 3.63) is 111 Å². The van der Waals surface area contributed by atoms with E-state index < -0.39 is 5.92 Å². The molecule has 29 heavy (non-hydrogen) atoms. The zero-order chi connectivity index (χ0) is 20.4. The van der Waals surface area contributed by atoms with Crippen molar-refractivity contribution in [1.29, 1.82) is 5.26 Å². The highest BCUT2D eigenvalue weighted by molar-refractivity contribution is 5.50. The maximum Gasteiger partial charge on any atom is 0.258 e. The van der Waals surface area contributed by atoms with Gasteiger partial charge < -0.3 is 15.0 Å². The number of aryl methyl sites for hydroxylation is 1. The van der Waals surface area contributed by atoms with E-state index in [-0.39, 0.29) is 11.4 Å². The third-order valence-corrected chi connectivity index (χ3v) is 5.28. The van der Waals surface area contributed by atoms with E-state index in [4.69, 9.17) is 10.5 Å². The highest BCUT2D eigenvalue weighted by Gasteiger charge is 2.33. The number of rotatable bonds is 4. The van der Waals surface area contributed by atoms with Crippen LogP contribution in [0.15, 0.2) is 83.0 Å². The van der Waals surface area contributed by atoms with E-state index in [1.807, 2.05) is 73.7 Å². The van der Waals surface area contributed by atoms with Crippen LogP contribution < -0.4 is 16.0 Å². The molecule has 4 rings (SSSR count). The average molecular weight is 383 g/mol. The number of hydrogen-bond acceptors (Lipinski definition) is 4. The van der Waals surface area contributed by atoms with Crippen molar-refractivity contribution in [3.63, 3.8) is 0 Å². The predicted molar refractivity (Wildman–Crippen MR) is 111 cm³/mol. The van der Waals surface area contributed by atoms with Crippen LogP contribution in [0.5, 0.6) is 5.75 Å². The molecule has 0 spiro atoms. The molecular weight excluding hydrogens is 362 g/mol. The summed E-state index contributed by atoms with van der Waals surface area (Å²) < 4.78 is 7.42. The highest BCUT2D eigenvalue weighted by atomic mass is 16.5. The van der Waals surface area contributed by atoms with E-state index in [0.29, 0.717) is 29.9 Å². The second-order valence-electron chi connectivity index (χ2n) is 7.17. The molecule has 1 atom stereocenters. The van der Waals surface area contributed by atoms with Crippen molar-refractivity contribution in [1.82, 2.24) is 4.57 Å². The lowest BCUT2D eigenvalue weighted by Gasteiger charge is -2.27. The molecule has 5 heteroatoms. The van der Waals surface area contributed by atoms with Gasteiger partial charge in [0.25, 0.3) is 5.56 Å². The molecule has 0 unspecified atom stereocenters. The van der Waals surface area contributed by atoms with E-state index in [9.17, 15) is 10.1 Å². The SMILES string of the molecule is Cc1cc2c(c(=O)n1Cc1ccccc1)[C@H](Cc1ccccc1)C(C#N)=C(N)O2. The highest BCUT2D eigenvalue weighted by Crippen LogP contribution is 2.38. The maximum absolute atomic E-state index is 13.5. The number of hydrogen-bond donors (Lipinski definition) is 1. The van der Waals surface area contributed by atoms with Crippen molar-refractivity contribution in [2.75, 3.05) is 0 Å². The predicted octanol–water partition coefficient (Wildman–Crippen LogP) is 3.62. The molecule has 5 nitrogen and oxygen atoms in total. The summed E-state index contributed by atoms with van der Waals surface area (Å²) in [4.78, 5) is 13.5. The molecule has 144 valence electrons. The number of nitrogens with zero attached hydrogens (tertiary/aromatic N) is 2. The largest absolute Gasteiger partial charge is 0.440 e. The Morgan fingerprint density at radius 2 is 1.69 bits per heavy atom. The van der Waals surface area contributed by atoms with Gasteiger partial charge in [0.1, 0.15) is 11.8 Å². The molecule has 0 aliphatic carbocycles. The molecule has 3 aromatic rings. The topological polar surface area (TPSA) is 81.0 Å². The minimum absolute atomic E-state index is 0.0699. The van der Waals surface area contributed by atoms with Crippen molar-refractivity contribution < 1.29 is 4.74 Å². The maximum atomic E-state index is 13.5. The van der Waals surface area contributed by atoms with Gasteiger partial charge in [0.05, 0.1) is 17.7 Å². The molecule has 1 aliphatic rings. The Labute approximate surface area is 169 Å². The molecule has 1 aromatic heterocycles. The van der Waals surface area contributed by atoms with Gasteiger partial charge in [-0.2, -0.15) is 5.26 Å². The quantitative estimate of drug-likeness (QED) is 0.746. The van der Waals surface area contributed by atoms with Gasteiger partial charge >= 0.3 is 0 Å². The van der Waals surface area contributed by atoms with Gasteiger partial charge in [-0.05, 0) is 24.5 Å². The first-order valence-electron chi connectivity index (χ1n) is 9.48. The zero-order valence-corrected chi connectivity index (χ0v) is 16.1. The fourth-order valence-electron chi connectivity index (χ4n) is 3.80. The summed E-state index contributed by atoms with van der Waals surface area (Å²) in [6.45, 7) is 2.33. The van der Waals surface area contributed by atoms with Crippen LogP contribution in [0.2, 0.25) is 0 Å². The summed E-state index contributed by atoms with van der Waals surface area (Å²) in [5, 5.41) is 9.71. The zero-order valence-electron chi connectivity index (χ0n) is 16.1. The van der Waals surface area contributed by atoms with Gasteiger partial charge in [-0.3, -0.25) is 4.79 Å². The van der Waals surface area contributed by atoms with E-state index in [0.717, 1.165) is 16.8 Å². The lowest BCUT2D eigenvalue weighted by atomic mass is 9.85. The lowest BCUT2D eigenvalue weighted by molar-refractivity contribution is 0.382. The summed E-state index contributed by atoms with van der Waals surface area (Å²) in [5.41, 5.74) is 9.52. The summed E-state index contributed by atoms with van der Waals surface area (Å²) in [7, 11) is 0. The number of benzene rings is 2. The van der Waals surface area contributed by atoms with E-state index in [1.165, 1.54) is 0 Å². The molecule has 1 aliphatic heterocycles. The monoisotopic (exact) mass is 383 g/mol. The van der Waals surface area contributed by atoms with E-state index >= 15 is 0 Å². The molecule has 0 radical (unpaired) electrons. The van der Waals surface area contributed by atoms with Gasteiger partial charge in [0, 0.05) is 17.7 Å². The normalized spacial score (nSPS) is 15.4. The van der Waals surface area contributed by atoms with Crippen LogP contribution >= 0.6 is 0 Å². The van der Waals surface area contributed by atoms with Gasteiger partial charge in [0.15, 0.2) is 0 Å². The summed E-state index contributed by atoms with van der Waals surface area (Å²) >= 11 is 0. The summed E-state index contributed by atoms with van der Waals surface area (Å²) in [5.74, 6) is 0.0658. The molecule has 2 aromatic carbocycles. The fraction of sp³-hybridized carbons (Fsp3) is 0.167. The van der Waals surface area contributed by atoms with Crippen LogP contribution in [0.4, 0.5) is 0 Å². The Balaban J connectivity index is 1.84. The summed E-state index contributed by atoms with van der Waals surface area (Å²) in [6, 6.07) is 23.6. The van der Waals surface area contributed by atoms with E-state index in [1.54, 1.807) is 4.57 Å². The number of allylic oxidation sites excluding steroid dienone is 1. The Bertz CT molecular complexity index is 1170. The van der Waals surface area contributed by atoms with Gasteiger partial charge in [-0.25, -0.2) is 0 Å². The summed E-state index contributed by atoms with van der Waals surface area (Å²) in [6.07, 6.45) is 0.504. The van der Waals surface area contributed by atoms with Crippen LogP contribution in [0.1, 0.15) is 28.3 Å². The number of fused-ring (bicyclic) bond motifs is 1. The lowest BCUT2D eigenvalue weighted by Crippen LogP contribution is -2.33. The van der Waals surface area contributed by atoms with Gasteiger partial charge in [0.2, 0.25) is 5.88 Å². The average Bonchev–Trinajstić information content (AvgIpc) is 2.72. The third-order valence-electron chi connectivity index (χ3n) is 5.28. The van der Waals surface area contributed by atoms with E-state index in [2.05, 4.69) is 6.07 Å². The first-order chi connectivity index (χ1) is 14.1. The second-order valence-corrected chi connectivity index (χ2v) is 7.17. The van der Waals surface area contributed by atoms with Crippen LogP contribution in [0.3, 0.4) is 0 Å². The molecular formula is C24H21N3O2. The standard InChI is InChI=1S/C24H21N3O2/c1-16-12-21-22(24(28)27(16)15-18-10-6-3-7-11-18)19(20(14-25)23(26)29-21)13-17-8-4-2-5-9-17/h2-12,19H,13,15,26H2,1H3/t19-/m1/s1. The Kier molecular flexibility index (Phi) is 4.92. The first kappa shape index (κ1) is 18.6. The van der Waals surface area contributed by atoms with Crippen LogP contribution in [0, 0.1) is 18.3 Å². The third kappa shape index (κ3) is 3.53. The molecule has 0 bridgehead atoms. The van der Waals surface area contributed by atoms with Crippen molar-refractivity contribution in [3.8, 4) is 11.8 Å². The molecule has 0 saturated heterocycles. The Morgan fingerprint density at radius 1 is 1.07 bits per heavy atom. The molecule has 0 saturated carbocycles. The minimum atomic E-state index is -0.443. The van der Waals surface area contributed by atoms with Crippen LogP contribution in [-0.2, 0) is 13.0 Å². The van der Waals surface area contributed by atoms with Gasteiger partial charge in [-0.15, -0.1) is 0 Å². The van der Waals surface area contributed by atoms with Crippen molar-refractivity contribution >= 4 is 0 Å². The van der Waals surface area contributed by atoms with Gasteiger partial charge in [-0.1, -0.05) is 60.7 Å². The van der Waals surface area contributed by atoms with Crippen molar-refractivity contribution in [2.45, 2.75) is 25.8 Å². The molecule has 0 amide bonds. The Hall–Kier alpha value is -3.78. The number of aromatic nitrogens is 1.